The van der Waals surface area contributed by atoms with Gasteiger partial charge in [0.25, 0.3) is 11.5 Å². The quantitative estimate of drug-likeness (QED) is 0.533. The molecule has 3 aromatic rings. The molecule has 1 aromatic carbocycles. The lowest BCUT2D eigenvalue weighted by Crippen LogP contribution is -2.27. The summed E-state index contributed by atoms with van der Waals surface area (Å²) in [6.45, 7) is 1.50. The van der Waals surface area contributed by atoms with Crippen molar-refractivity contribution in [1.29, 1.82) is 0 Å². The minimum absolute atomic E-state index is 0.0285. The van der Waals surface area contributed by atoms with E-state index in [9.17, 15) is 14.4 Å². The van der Waals surface area contributed by atoms with Crippen LogP contribution in [0.25, 0.3) is 10.8 Å². The Hall–Kier alpha value is -3.26. The normalized spacial score (nSPS) is 10.6. The number of benzene rings is 1. The van der Waals surface area contributed by atoms with Crippen molar-refractivity contribution in [3.05, 3.63) is 63.8 Å². The van der Waals surface area contributed by atoms with Crippen LogP contribution in [-0.2, 0) is 16.1 Å². The molecule has 27 heavy (non-hydrogen) atoms. The van der Waals surface area contributed by atoms with Crippen LogP contribution in [0.15, 0.2) is 47.4 Å². The molecule has 0 radical (unpaired) electrons. The highest BCUT2D eigenvalue weighted by Crippen LogP contribution is 2.17. The third-order valence-electron chi connectivity index (χ3n) is 3.73. The van der Waals surface area contributed by atoms with E-state index in [0.717, 1.165) is 0 Å². The van der Waals surface area contributed by atoms with Gasteiger partial charge in [0.1, 0.15) is 0 Å². The molecule has 0 saturated heterocycles. The number of fused-ring (bicyclic) bond motifs is 1. The zero-order chi connectivity index (χ0) is 19.4. The third-order valence-corrected chi connectivity index (χ3v) is 4.03. The highest BCUT2D eigenvalue weighted by molar-refractivity contribution is 6.32. The van der Waals surface area contributed by atoms with Gasteiger partial charge in [-0.15, -0.1) is 0 Å². The molecule has 8 nitrogen and oxygen atoms in total. The van der Waals surface area contributed by atoms with Gasteiger partial charge in [0.05, 0.1) is 11.1 Å². The number of esters is 1. The number of hydrogen-bond donors (Lipinski definition) is 1. The maximum Gasteiger partial charge on any atom is 0.359 e. The maximum absolute atomic E-state index is 12.4. The molecule has 9 heteroatoms. The lowest BCUT2D eigenvalue weighted by molar-refractivity contribution is -0.119. The molecule has 1 N–H and O–H groups in total. The van der Waals surface area contributed by atoms with E-state index in [1.807, 2.05) is 0 Å². The highest BCUT2D eigenvalue weighted by Gasteiger charge is 2.19. The van der Waals surface area contributed by atoms with Crippen molar-refractivity contribution >= 4 is 39.9 Å². The second kappa shape index (κ2) is 7.96. The molecule has 0 bridgehead atoms. The Morgan fingerprint density at radius 3 is 2.63 bits per heavy atom. The van der Waals surface area contributed by atoms with Gasteiger partial charge in [0.2, 0.25) is 0 Å². The van der Waals surface area contributed by atoms with Crippen molar-refractivity contribution in [3.63, 3.8) is 0 Å². The second-order valence-corrected chi connectivity index (χ2v) is 5.84. The number of halogens is 1. The number of carbonyl (C=O) groups excluding carboxylic acids is 2. The van der Waals surface area contributed by atoms with Gasteiger partial charge in [-0.2, -0.15) is 5.10 Å². The summed E-state index contributed by atoms with van der Waals surface area (Å²) >= 11 is 5.86. The van der Waals surface area contributed by atoms with Crippen LogP contribution in [-0.4, -0.2) is 33.2 Å². The molecule has 0 unspecified atom stereocenters. The van der Waals surface area contributed by atoms with E-state index < -0.39 is 18.5 Å². The zero-order valence-corrected chi connectivity index (χ0v) is 15.1. The summed E-state index contributed by atoms with van der Waals surface area (Å²) in [5.74, 6) is -1.38. The van der Waals surface area contributed by atoms with Crippen LogP contribution in [0.2, 0.25) is 5.15 Å². The lowest BCUT2D eigenvalue weighted by Gasteiger charge is -2.10. The second-order valence-electron chi connectivity index (χ2n) is 5.48. The van der Waals surface area contributed by atoms with Gasteiger partial charge >= 0.3 is 5.97 Å². The largest absolute Gasteiger partial charge is 0.451 e. The predicted octanol–water partition coefficient (Wildman–Crippen LogP) is 2.26. The molecule has 1 amide bonds. The summed E-state index contributed by atoms with van der Waals surface area (Å²) in [7, 11) is 0. The maximum atomic E-state index is 12.4. The summed E-state index contributed by atoms with van der Waals surface area (Å²) in [4.78, 5) is 40.6. The molecule has 2 aromatic heterocycles. The first-order chi connectivity index (χ1) is 13.0. The standard InChI is InChI=1S/C18H15ClN4O4/c1-2-23-17(25)12-7-4-3-6-11(12)15(22-23)18(26)27-10-14(24)21-13-8-5-9-20-16(13)19/h3-9H,2,10H2,1H3,(H,21,24). The highest BCUT2D eigenvalue weighted by atomic mass is 35.5. The van der Waals surface area contributed by atoms with Crippen LogP contribution in [0.5, 0.6) is 0 Å². The van der Waals surface area contributed by atoms with E-state index >= 15 is 0 Å². The fraction of sp³-hybridized carbons (Fsp3) is 0.167. The summed E-state index contributed by atoms with van der Waals surface area (Å²) < 4.78 is 6.23. The van der Waals surface area contributed by atoms with E-state index in [0.29, 0.717) is 23.0 Å². The number of anilines is 1. The molecular weight excluding hydrogens is 372 g/mol. The summed E-state index contributed by atoms with van der Waals surface area (Å²) in [6.07, 6.45) is 1.48. The Bertz CT molecular complexity index is 1080. The number of aromatic nitrogens is 3. The molecule has 2 heterocycles. The molecule has 0 saturated carbocycles. The van der Waals surface area contributed by atoms with E-state index in [-0.39, 0.29) is 16.4 Å². The van der Waals surface area contributed by atoms with E-state index in [4.69, 9.17) is 16.3 Å². The number of aryl methyl sites for hydroxylation is 1. The van der Waals surface area contributed by atoms with Crippen LogP contribution in [0.1, 0.15) is 17.4 Å². The van der Waals surface area contributed by atoms with E-state index in [1.165, 1.54) is 10.9 Å². The summed E-state index contributed by atoms with van der Waals surface area (Å²) in [5, 5.41) is 7.41. The number of amides is 1. The van der Waals surface area contributed by atoms with Gasteiger partial charge in [0.15, 0.2) is 17.5 Å². The van der Waals surface area contributed by atoms with E-state index in [2.05, 4.69) is 15.4 Å². The Morgan fingerprint density at radius 2 is 1.93 bits per heavy atom. The van der Waals surface area contributed by atoms with Crippen molar-refractivity contribution in [1.82, 2.24) is 14.8 Å². The van der Waals surface area contributed by atoms with Crippen LogP contribution >= 0.6 is 11.6 Å². The molecule has 0 aliphatic rings. The number of nitrogens with zero attached hydrogens (tertiary/aromatic N) is 3. The van der Waals surface area contributed by atoms with Gasteiger partial charge < -0.3 is 10.1 Å². The Labute approximate surface area is 158 Å². The smallest absolute Gasteiger partial charge is 0.359 e. The molecule has 138 valence electrons. The number of nitrogens with one attached hydrogen (secondary N) is 1. The van der Waals surface area contributed by atoms with Gasteiger partial charge in [-0.05, 0) is 25.1 Å². The number of carbonyl (C=O) groups is 2. The fourth-order valence-electron chi connectivity index (χ4n) is 2.47. The number of ether oxygens (including phenoxy) is 1. The summed E-state index contributed by atoms with van der Waals surface area (Å²) in [5.41, 5.74) is -0.0174. The Morgan fingerprint density at radius 1 is 1.19 bits per heavy atom. The van der Waals surface area contributed by atoms with Crippen molar-refractivity contribution in [2.45, 2.75) is 13.5 Å². The topological polar surface area (TPSA) is 103 Å². The zero-order valence-electron chi connectivity index (χ0n) is 14.3. The molecule has 0 atom stereocenters. The van der Waals surface area contributed by atoms with Gasteiger partial charge in [0, 0.05) is 18.1 Å². The Kier molecular flexibility index (Phi) is 5.46. The van der Waals surface area contributed by atoms with Crippen molar-refractivity contribution in [3.8, 4) is 0 Å². The van der Waals surface area contributed by atoms with Crippen molar-refractivity contribution in [2.75, 3.05) is 11.9 Å². The van der Waals surface area contributed by atoms with Crippen LogP contribution in [0.4, 0.5) is 5.69 Å². The van der Waals surface area contributed by atoms with Gasteiger partial charge in [-0.1, -0.05) is 29.8 Å². The molecule has 0 aliphatic carbocycles. The Balaban J connectivity index is 1.79. The minimum atomic E-state index is -0.805. The monoisotopic (exact) mass is 386 g/mol. The molecule has 0 fully saturated rings. The number of hydrogen-bond acceptors (Lipinski definition) is 6. The van der Waals surface area contributed by atoms with Gasteiger partial charge in [-0.3, -0.25) is 9.59 Å². The predicted molar refractivity (Wildman–Crippen MR) is 99.8 cm³/mol. The SMILES string of the molecule is CCn1nc(C(=O)OCC(=O)Nc2cccnc2Cl)c2ccccc2c1=O. The number of rotatable bonds is 5. The summed E-state index contributed by atoms with van der Waals surface area (Å²) in [6, 6.07) is 9.78. The van der Waals surface area contributed by atoms with Crippen LogP contribution < -0.4 is 10.9 Å². The number of pyridine rings is 1. The fourth-order valence-corrected chi connectivity index (χ4v) is 2.63. The van der Waals surface area contributed by atoms with Crippen LogP contribution in [0.3, 0.4) is 0 Å². The van der Waals surface area contributed by atoms with E-state index in [1.54, 1.807) is 43.3 Å². The average molecular weight is 387 g/mol. The first-order valence-corrected chi connectivity index (χ1v) is 8.46. The minimum Gasteiger partial charge on any atom is -0.451 e. The molecule has 3 rings (SSSR count). The molecular formula is C18H15ClN4O4. The van der Waals surface area contributed by atoms with Crippen molar-refractivity contribution < 1.29 is 14.3 Å². The first-order valence-electron chi connectivity index (χ1n) is 8.08. The third kappa shape index (κ3) is 3.95. The van der Waals surface area contributed by atoms with Crippen LogP contribution in [0, 0.1) is 0 Å². The average Bonchev–Trinajstić information content (AvgIpc) is 2.68. The molecule has 0 aliphatic heterocycles. The van der Waals surface area contributed by atoms with Gasteiger partial charge in [-0.25, -0.2) is 14.5 Å². The molecule has 0 spiro atoms. The first kappa shape index (κ1) is 18.5. The van der Waals surface area contributed by atoms with Crippen molar-refractivity contribution in [2.24, 2.45) is 0 Å². The lowest BCUT2D eigenvalue weighted by atomic mass is 10.1.